The van der Waals surface area contributed by atoms with Crippen LogP contribution in [0.4, 0.5) is 0 Å². The van der Waals surface area contributed by atoms with Crippen LogP contribution < -0.4 is 0 Å². The van der Waals surface area contributed by atoms with Gasteiger partial charge in [0.15, 0.2) is 11.6 Å². The fraction of sp³-hybridized carbons (Fsp3) is 0.733. The highest BCUT2D eigenvalue weighted by Crippen LogP contribution is 2.31. The molecule has 2 atom stereocenters. The number of aromatic nitrogens is 4. The summed E-state index contributed by atoms with van der Waals surface area (Å²) in [6.45, 7) is 9.98. The Kier molecular flexibility index (Phi) is 4.24. The fourth-order valence-corrected chi connectivity index (χ4v) is 2.85. The highest BCUT2D eigenvalue weighted by Gasteiger charge is 2.30. The molecule has 0 amide bonds. The number of hydrogen-bond acceptors (Lipinski definition) is 7. The summed E-state index contributed by atoms with van der Waals surface area (Å²) >= 11 is 0. The van der Waals surface area contributed by atoms with Crippen LogP contribution in [0, 0.1) is 6.92 Å². The number of nitrogens with zero attached hydrogens (tertiary/aromatic N) is 5. The predicted octanol–water partition coefficient (Wildman–Crippen LogP) is 2.83. The third-order valence-corrected chi connectivity index (χ3v) is 4.22. The van der Waals surface area contributed by atoms with Gasteiger partial charge in [-0.15, -0.1) is 0 Å². The van der Waals surface area contributed by atoms with E-state index in [0.29, 0.717) is 11.7 Å². The van der Waals surface area contributed by atoms with Crippen LogP contribution in [0.3, 0.4) is 0 Å². The molecule has 1 aliphatic heterocycles. The second-order valence-electron chi connectivity index (χ2n) is 6.34. The summed E-state index contributed by atoms with van der Waals surface area (Å²) in [7, 11) is 0. The molecular formula is C15H23N5O2. The molecule has 2 aromatic rings. The average Bonchev–Trinajstić information content (AvgIpc) is 3.15. The molecule has 2 aromatic heterocycles. The molecule has 1 saturated heterocycles. The first-order chi connectivity index (χ1) is 10.5. The van der Waals surface area contributed by atoms with Crippen molar-refractivity contribution in [3.05, 3.63) is 23.4 Å². The van der Waals surface area contributed by atoms with E-state index >= 15 is 0 Å². The van der Waals surface area contributed by atoms with Crippen molar-refractivity contribution in [2.24, 2.45) is 0 Å². The molecule has 0 saturated carbocycles. The Labute approximate surface area is 130 Å². The van der Waals surface area contributed by atoms with Gasteiger partial charge in [0.05, 0.1) is 12.0 Å². The van der Waals surface area contributed by atoms with Gasteiger partial charge in [-0.1, -0.05) is 24.2 Å². The Balaban J connectivity index is 1.70. The van der Waals surface area contributed by atoms with Crippen LogP contribution in [-0.4, -0.2) is 38.3 Å². The van der Waals surface area contributed by atoms with Gasteiger partial charge >= 0.3 is 0 Å². The van der Waals surface area contributed by atoms with Gasteiger partial charge in [0, 0.05) is 12.5 Å². The summed E-state index contributed by atoms with van der Waals surface area (Å²) < 4.78 is 10.8. The zero-order valence-corrected chi connectivity index (χ0v) is 13.6. The molecule has 0 aromatic carbocycles. The van der Waals surface area contributed by atoms with E-state index in [2.05, 4.69) is 46.0 Å². The van der Waals surface area contributed by atoms with Crippen LogP contribution in [0.1, 0.15) is 74.9 Å². The molecule has 7 nitrogen and oxygen atoms in total. The van der Waals surface area contributed by atoms with Gasteiger partial charge in [0.1, 0.15) is 0 Å². The molecule has 1 aliphatic rings. The standard InChI is InChI=1S/C15H23N5O2/c1-9(2)13-17-14(21-19-13)10(3)20-7-5-6-12(8-20)15-16-11(4)18-22-15/h9-10,12H,5-8H2,1-4H3/t10-,12+/m0/s1. The zero-order valence-electron chi connectivity index (χ0n) is 13.6. The molecule has 22 heavy (non-hydrogen) atoms. The summed E-state index contributed by atoms with van der Waals surface area (Å²) in [5.41, 5.74) is 0. The first-order valence-corrected chi connectivity index (χ1v) is 7.92. The Morgan fingerprint density at radius 2 is 1.95 bits per heavy atom. The minimum atomic E-state index is 0.104. The molecule has 0 bridgehead atoms. The van der Waals surface area contributed by atoms with Crippen LogP contribution in [0.25, 0.3) is 0 Å². The van der Waals surface area contributed by atoms with Gasteiger partial charge in [-0.2, -0.15) is 9.97 Å². The van der Waals surface area contributed by atoms with Crippen LogP contribution in [-0.2, 0) is 0 Å². The molecule has 0 radical (unpaired) electrons. The van der Waals surface area contributed by atoms with Crippen molar-refractivity contribution in [2.75, 3.05) is 13.1 Å². The first kappa shape index (κ1) is 15.1. The van der Waals surface area contributed by atoms with Gasteiger partial charge in [-0.05, 0) is 33.2 Å². The maximum Gasteiger partial charge on any atom is 0.243 e. The maximum atomic E-state index is 5.43. The lowest BCUT2D eigenvalue weighted by molar-refractivity contribution is 0.123. The molecule has 0 aliphatic carbocycles. The summed E-state index contributed by atoms with van der Waals surface area (Å²) in [5.74, 6) is 3.44. The quantitative estimate of drug-likeness (QED) is 0.859. The average molecular weight is 305 g/mol. The Bertz CT molecular complexity index is 621. The van der Waals surface area contributed by atoms with E-state index in [1.807, 2.05) is 6.92 Å². The predicted molar refractivity (Wildman–Crippen MR) is 79.4 cm³/mol. The number of piperidine rings is 1. The van der Waals surface area contributed by atoms with Crippen molar-refractivity contribution in [1.82, 2.24) is 25.2 Å². The highest BCUT2D eigenvalue weighted by molar-refractivity contribution is 5.00. The summed E-state index contributed by atoms with van der Waals surface area (Å²) in [4.78, 5) is 11.2. The van der Waals surface area contributed by atoms with Crippen molar-refractivity contribution < 1.29 is 9.05 Å². The number of aryl methyl sites for hydroxylation is 1. The lowest BCUT2D eigenvalue weighted by Gasteiger charge is -2.33. The Morgan fingerprint density at radius 3 is 2.59 bits per heavy atom. The normalized spacial score (nSPS) is 21.4. The monoisotopic (exact) mass is 305 g/mol. The number of likely N-dealkylation sites (tertiary alicyclic amines) is 1. The van der Waals surface area contributed by atoms with Crippen LogP contribution >= 0.6 is 0 Å². The lowest BCUT2D eigenvalue weighted by atomic mass is 9.96. The molecule has 3 rings (SSSR count). The zero-order chi connectivity index (χ0) is 15.7. The number of rotatable bonds is 4. The topological polar surface area (TPSA) is 81.1 Å². The van der Waals surface area contributed by atoms with E-state index in [1.54, 1.807) is 0 Å². The van der Waals surface area contributed by atoms with Gasteiger partial charge in [-0.25, -0.2) is 0 Å². The third kappa shape index (κ3) is 3.04. The largest absolute Gasteiger partial charge is 0.339 e. The van der Waals surface area contributed by atoms with E-state index in [4.69, 9.17) is 9.05 Å². The van der Waals surface area contributed by atoms with E-state index in [-0.39, 0.29) is 17.9 Å². The van der Waals surface area contributed by atoms with Crippen molar-refractivity contribution in [3.63, 3.8) is 0 Å². The van der Waals surface area contributed by atoms with Crippen molar-refractivity contribution >= 4 is 0 Å². The summed E-state index contributed by atoms with van der Waals surface area (Å²) in [5, 5.41) is 7.96. The van der Waals surface area contributed by atoms with Crippen LogP contribution in [0.5, 0.6) is 0 Å². The SMILES string of the molecule is Cc1noc([C@@H]2CCCN([C@@H](C)c3nc(C(C)C)no3)C2)n1. The van der Waals surface area contributed by atoms with Crippen molar-refractivity contribution in [1.29, 1.82) is 0 Å². The minimum absolute atomic E-state index is 0.104. The van der Waals surface area contributed by atoms with Crippen LogP contribution in [0.15, 0.2) is 9.05 Å². The molecule has 1 fully saturated rings. The highest BCUT2D eigenvalue weighted by atomic mass is 16.5. The summed E-state index contributed by atoms with van der Waals surface area (Å²) in [6, 6.07) is 0.104. The van der Waals surface area contributed by atoms with E-state index in [9.17, 15) is 0 Å². The minimum Gasteiger partial charge on any atom is -0.339 e. The first-order valence-electron chi connectivity index (χ1n) is 7.92. The van der Waals surface area contributed by atoms with E-state index in [1.165, 1.54) is 0 Å². The molecule has 120 valence electrons. The maximum absolute atomic E-state index is 5.43. The van der Waals surface area contributed by atoms with Gasteiger partial charge < -0.3 is 9.05 Å². The second-order valence-corrected chi connectivity index (χ2v) is 6.34. The molecule has 0 N–H and O–H groups in total. The molecular weight excluding hydrogens is 282 g/mol. The van der Waals surface area contributed by atoms with Crippen LogP contribution in [0.2, 0.25) is 0 Å². The number of hydrogen-bond donors (Lipinski definition) is 0. The molecule has 7 heteroatoms. The summed E-state index contributed by atoms with van der Waals surface area (Å²) in [6.07, 6.45) is 2.17. The van der Waals surface area contributed by atoms with Gasteiger partial charge in [0.25, 0.3) is 0 Å². The third-order valence-electron chi connectivity index (χ3n) is 4.22. The van der Waals surface area contributed by atoms with E-state index in [0.717, 1.165) is 37.6 Å². The van der Waals surface area contributed by atoms with Gasteiger partial charge in [0.2, 0.25) is 11.8 Å². The smallest absolute Gasteiger partial charge is 0.243 e. The lowest BCUT2D eigenvalue weighted by Crippen LogP contribution is -2.36. The molecule has 3 heterocycles. The molecule has 0 spiro atoms. The fourth-order valence-electron chi connectivity index (χ4n) is 2.85. The van der Waals surface area contributed by atoms with Gasteiger partial charge in [-0.3, -0.25) is 4.90 Å². The Hall–Kier alpha value is -1.76. The van der Waals surface area contributed by atoms with E-state index < -0.39 is 0 Å². The van der Waals surface area contributed by atoms with Crippen molar-refractivity contribution in [2.45, 2.75) is 58.4 Å². The molecule has 0 unspecified atom stereocenters. The van der Waals surface area contributed by atoms with Crippen molar-refractivity contribution in [3.8, 4) is 0 Å². The Morgan fingerprint density at radius 1 is 1.14 bits per heavy atom. The second kappa shape index (κ2) is 6.16.